The quantitative estimate of drug-likeness (QED) is 0.477. The Kier molecular flexibility index (Phi) is 7.68. The van der Waals surface area contributed by atoms with Crippen molar-refractivity contribution in [3.05, 3.63) is 90.0 Å². The van der Waals surface area contributed by atoms with Crippen LogP contribution in [0.25, 0.3) is 0 Å². The lowest BCUT2D eigenvalue weighted by Gasteiger charge is -2.36. The number of sulfonamides is 1. The van der Waals surface area contributed by atoms with Crippen molar-refractivity contribution < 1.29 is 8.42 Å². The summed E-state index contributed by atoms with van der Waals surface area (Å²) >= 11 is 0. The minimum atomic E-state index is -3.60. The lowest BCUT2D eigenvalue weighted by molar-refractivity contribution is 0.250. The number of hydrogen-bond donors (Lipinski definition) is 1. The molecule has 1 saturated heterocycles. The number of aryl methyl sites for hydroxylation is 1. The summed E-state index contributed by atoms with van der Waals surface area (Å²) in [7, 11) is -3.60. The van der Waals surface area contributed by atoms with Crippen molar-refractivity contribution >= 4 is 21.4 Å². The van der Waals surface area contributed by atoms with Crippen LogP contribution in [0.2, 0.25) is 0 Å². The van der Waals surface area contributed by atoms with Crippen LogP contribution in [0.15, 0.2) is 83.8 Å². The van der Waals surface area contributed by atoms with Gasteiger partial charge in [0.25, 0.3) is 10.0 Å². The van der Waals surface area contributed by atoms with E-state index in [-0.39, 0.29) is 0 Å². The molecule has 0 unspecified atom stereocenters. The van der Waals surface area contributed by atoms with Gasteiger partial charge in [-0.25, -0.2) is 8.42 Å². The average molecular weight is 464 g/mol. The van der Waals surface area contributed by atoms with Gasteiger partial charge in [0.05, 0.1) is 4.90 Å². The topological polar surface area (TPSA) is 52.7 Å². The molecule has 0 saturated carbocycles. The maximum Gasteiger partial charge on any atom is 0.261 e. The Morgan fingerprint density at radius 1 is 0.788 bits per heavy atom. The Bertz CT molecular complexity index is 1110. The molecule has 1 aliphatic heterocycles. The van der Waals surface area contributed by atoms with E-state index in [2.05, 4.69) is 51.8 Å². The van der Waals surface area contributed by atoms with Crippen molar-refractivity contribution in [3.8, 4) is 0 Å². The van der Waals surface area contributed by atoms with E-state index < -0.39 is 10.0 Å². The van der Waals surface area contributed by atoms with Crippen LogP contribution in [0.1, 0.15) is 30.9 Å². The van der Waals surface area contributed by atoms with Crippen LogP contribution in [0.3, 0.4) is 0 Å². The number of piperazine rings is 1. The largest absolute Gasteiger partial charge is 0.369 e. The fraction of sp³-hybridized carbons (Fsp3) is 0.333. The molecule has 1 heterocycles. The highest BCUT2D eigenvalue weighted by atomic mass is 32.2. The summed E-state index contributed by atoms with van der Waals surface area (Å²) in [6, 6.07) is 25.5. The monoisotopic (exact) mass is 463 g/mol. The van der Waals surface area contributed by atoms with Crippen LogP contribution in [-0.2, 0) is 23.0 Å². The van der Waals surface area contributed by atoms with Gasteiger partial charge >= 0.3 is 0 Å². The van der Waals surface area contributed by atoms with Crippen molar-refractivity contribution in [2.75, 3.05) is 35.8 Å². The molecule has 0 spiro atoms. The first-order valence-corrected chi connectivity index (χ1v) is 13.2. The predicted octanol–water partition coefficient (Wildman–Crippen LogP) is 5.15. The van der Waals surface area contributed by atoms with Gasteiger partial charge in [-0.2, -0.15) is 0 Å². The van der Waals surface area contributed by atoms with E-state index in [0.717, 1.165) is 57.7 Å². The summed E-state index contributed by atoms with van der Waals surface area (Å²) in [5.41, 5.74) is 4.22. The van der Waals surface area contributed by atoms with Gasteiger partial charge in [0.1, 0.15) is 0 Å². The lowest BCUT2D eigenvalue weighted by Crippen LogP contribution is -2.45. The van der Waals surface area contributed by atoms with Crippen LogP contribution >= 0.6 is 0 Å². The summed E-state index contributed by atoms with van der Waals surface area (Å²) in [6.45, 7) is 7.08. The zero-order valence-corrected chi connectivity index (χ0v) is 20.1. The molecule has 1 N–H and O–H groups in total. The Morgan fingerprint density at radius 3 is 2.09 bits per heavy atom. The van der Waals surface area contributed by atoms with E-state index >= 15 is 0 Å². The molecular weight excluding hydrogens is 430 g/mol. The molecule has 4 rings (SSSR count). The molecule has 6 heteroatoms. The summed E-state index contributed by atoms with van der Waals surface area (Å²) in [6.07, 6.45) is 3.21. The number of benzene rings is 3. The summed E-state index contributed by atoms with van der Waals surface area (Å²) < 4.78 is 28.3. The molecule has 0 aliphatic carbocycles. The van der Waals surface area contributed by atoms with Crippen molar-refractivity contribution in [3.63, 3.8) is 0 Å². The second-order valence-corrected chi connectivity index (χ2v) is 10.3. The number of rotatable bonds is 9. The summed E-state index contributed by atoms with van der Waals surface area (Å²) in [5, 5.41) is 0. The molecular formula is C27H33N3O2S. The predicted molar refractivity (Wildman–Crippen MR) is 136 cm³/mol. The molecule has 174 valence electrons. The van der Waals surface area contributed by atoms with E-state index in [1.807, 2.05) is 36.4 Å². The number of hydrogen-bond acceptors (Lipinski definition) is 4. The van der Waals surface area contributed by atoms with Crippen LogP contribution in [0, 0.1) is 0 Å². The number of nitrogens with one attached hydrogen (secondary N) is 1. The van der Waals surface area contributed by atoms with Gasteiger partial charge in [-0.3, -0.25) is 9.62 Å². The first-order chi connectivity index (χ1) is 16.0. The Labute approximate surface area is 198 Å². The van der Waals surface area contributed by atoms with Crippen LogP contribution < -0.4 is 9.62 Å². The Hall–Kier alpha value is -2.83. The molecule has 5 nitrogen and oxygen atoms in total. The van der Waals surface area contributed by atoms with E-state index in [1.54, 1.807) is 12.1 Å². The lowest BCUT2D eigenvalue weighted by atomic mass is 10.1. The second-order valence-electron chi connectivity index (χ2n) is 8.65. The first kappa shape index (κ1) is 23.3. The third kappa shape index (κ3) is 6.36. The molecule has 0 radical (unpaired) electrons. The molecule has 3 aromatic rings. The zero-order valence-electron chi connectivity index (χ0n) is 19.3. The van der Waals surface area contributed by atoms with E-state index in [4.69, 9.17) is 0 Å². The number of anilines is 2. The molecule has 0 bridgehead atoms. The van der Waals surface area contributed by atoms with Crippen molar-refractivity contribution in [1.82, 2.24) is 4.90 Å². The van der Waals surface area contributed by atoms with Gasteiger partial charge in [0.15, 0.2) is 0 Å². The van der Waals surface area contributed by atoms with Gasteiger partial charge in [0, 0.05) is 44.1 Å². The number of unbranched alkanes of at least 4 members (excludes halogenated alkanes) is 1. The van der Waals surface area contributed by atoms with Crippen molar-refractivity contribution in [1.29, 1.82) is 0 Å². The van der Waals surface area contributed by atoms with E-state index in [1.165, 1.54) is 11.1 Å². The number of nitrogens with zero attached hydrogens (tertiary/aromatic N) is 2. The van der Waals surface area contributed by atoms with Gasteiger partial charge in [-0.15, -0.1) is 0 Å². The summed E-state index contributed by atoms with van der Waals surface area (Å²) in [4.78, 5) is 5.12. The van der Waals surface area contributed by atoms with Gasteiger partial charge in [0.2, 0.25) is 0 Å². The highest BCUT2D eigenvalue weighted by Crippen LogP contribution is 2.22. The van der Waals surface area contributed by atoms with E-state index in [9.17, 15) is 8.42 Å². The van der Waals surface area contributed by atoms with Gasteiger partial charge in [-0.1, -0.05) is 55.8 Å². The maximum absolute atomic E-state index is 12.8. The molecule has 33 heavy (non-hydrogen) atoms. The van der Waals surface area contributed by atoms with Crippen LogP contribution in [0.5, 0.6) is 0 Å². The molecule has 0 aromatic heterocycles. The van der Waals surface area contributed by atoms with E-state index in [0.29, 0.717) is 10.6 Å². The fourth-order valence-corrected chi connectivity index (χ4v) is 5.23. The highest BCUT2D eigenvalue weighted by molar-refractivity contribution is 7.92. The molecule has 3 aromatic carbocycles. The van der Waals surface area contributed by atoms with Gasteiger partial charge in [-0.05, 0) is 60.4 Å². The smallest absolute Gasteiger partial charge is 0.261 e. The Balaban J connectivity index is 1.32. The van der Waals surface area contributed by atoms with Crippen molar-refractivity contribution in [2.45, 2.75) is 37.6 Å². The molecule has 1 fully saturated rings. The first-order valence-electron chi connectivity index (χ1n) is 11.8. The van der Waals surface area contributed by atoms with Gasteiger partial charge < -0.3 is 4.90 Å². The Morgan fingerprint density at radius 2 is 1.45 bits per heavy atom. The third-order valence-corrected chi connectivity index (χ3v) is 7.56. The zero-order chi connectivity index (χ0) is 23.1. The molecule has 0 amide bonds. The fourth-order valence-electron chi connectivity index (χ4n) is 4.18. The highest BCUT2D eigenvalue weighted by Gasteiger charge is 2.18. The molecule has 1 aliphatic rings. The molecule has 0 atom stereocenters. The van der Waals surface area contributed by atoms with Crippen molar-refractivity contribution in [2.24, 2.45) is 0 Å². The third-order valence-electron chi connectivity index (χ3n) is 6.16. The normalized spacial score (nSPS) is 14.9. The van der Waals surface area contributed by atoms with Crippen LogP contribution in [-0.4, -0.2) is 39.5 Å². The minimum absolute atomic E-state index is 0.293. The SMILES string of the molecule is CCCCc1ccc(S(=O)(=O)Nc2ccc(N3CCN(Cc4ccccc4)CC3)cc2)cc1. The summed E-state index contributed by atoms with van der Waals surface area (Å²) in [5.74, 6) is 0. The maximum atomic E-state index is 12.8. The minimum Gasteiger partial charge on any atom is -0.369 e. The second kappa shape index (κ2) is 10.9. The average Bonchev–Trinajstić information content (AvgIpc) is 2.84. The van der Waals surface area contributed by atoms with Crippen LogP contribution in [0.4, 0.5) is 11.4 Å². The standard InChI is InChI=1S/C27H33N3O2S/c1-2-3-7-23-10-16-27(17-11-23)33(31,32)28-25-12-14-26(15-13-25)30-20-18-29(19-21-30)22-24-8-5-4-6-9-24/h4-6,8-17,28H,2-3,7,18-22H2,1H3.